The summed E-state index contributed by atoms with van der Waals surface area (Å²) in [6.07, 6.45) is 0.848. The van der Waals surface area contributed by atoms with Gasteiger partial charge in [-0.15, -0.1) is 0 Å². The van der Waals surface area contributed by atoms with Gasteiger partial charge in [0.2, 0.25) is 0 Å². The molecule has 18 heavy (non-hydrogen) atoms. The molecule has 3 nitrogen and oxygen atoms in total. The summed E-state index contributed by atoms with van der Waals surface area (Å²) in [5, 5.41) is 0. The Kier molecular flexibility index (Phi) is 5.50. The number of anilines is 1. The Bertz CT molecular complexity index is 371. The van der Waals surface area contributed by atoms with Crippen molar-refractivity contribution in [2.45, 2.75) is 13.0 Å². The fraction of sp³-hybridized carbons (Fsp3) is 0.538. The summed E-state index contributed by atoms with van der Waals surface area (Å²) in [5.41, 5.74) is 5.86. The maximum Gasteiger partial charge on any atom is 0.149 e. The summed E-state index contributed by atoms with van der Waals surface area (Å²) in [6.45, 7) is 1.63. The molecule has 5 heteroatoms. The van der Waals surface area contributed by atoms with Gasteiger partial charge in [0.05, 0.1) is 0 Å². The molecule has 1 rings (SSSR count). The van der Waals surface area contributed by atoms with Crippen molar-refractivity contribution in [3.63, 3.8) is 0 Å². The molecule has 0 aliphatic rings. The zero-order valence-corrected chi connectivity index (χ0v) is 11.2. The molecule has 0 fully saturated rings. The Balaban J connectivity index is 2.76. The van der Waals surface area contributed by atoms with Crippen LogP contribution in [0.15, 0.2) is 12.1 Å². The molecule has 102 valence electrons. The monoisotopic (exact) mass is 257 g/mol. The standard InChI is InChI=1S/C13H21F2N3/c1-17(2)5-4-6-18(3)13-11(14)7-10(9-16)8-12(13)15/h7-8H,4-6,9,16H2,1-3H3. The second kappa shape index (κ2) is 6.66. The third-order valence-electron chi connectivity index (χ3n) is 2.79. The van der Waals surface area contributed by atoms with E-state index in [1.54, 1.807) is 11.9 Å². The summed E-state index contributed by atoms with van der Waals surface area (Å²) in [7, 11) is 5.63. The van der Waals surface area contributed by atoms with Gasteiger partial charge in [-0.1, -0.05) is 0 Å². The lowest BCUT2D eigenvalue weighted by molar-refractivity contribution is 0.401. The number of nitrogens with zero attached hydrogens (tertiary/aromatic N) is 2. The van der Waals surface area contributed by atoms with Crippen molar-refractivity contribution < 1.29 is 8.78 Å². The van der Waals surface area contributed by atoms with Gasteiger partial charge in [0.25, 0.3) is 0 Å². The van der Waals surface area contributed by atoms with E-state index < -0.39 is 11.6 Å². The van der Waals surface area contributed by atoms with Crippen molar-refractivity contribution in [2.24, 2.45) is 5.73 Å². The number of benzene rings is 1. The van der Waals surface area contributed by atoms with Gasteiger partial charge in [-0.3, -0.25) is 0 Å². The second-order valence-corrected chi connectivity index (χ2v) is 4.69. The van der Waals surface area contributed by atoms with Crippen LogP contribution in [0.5, 0.6) is 0 Å². The van der Waals surface area contributed by atoms with Gasteiger partial charge in [0.1, 0.15) is 17.3 Å². The lowest BCUT2D eigenvalue weighted by Crippen LogP contribution is -2.25. The highest BCUT2D eigenvalue weighted by molar-refractivity contribution is 5.50. The van der Waals surface area contributed by atoms with Gasteiger partial charge < -0.3 is 15.5 Å². The number of halogens is 2. The summed E-state index contributed by atoms with van der Waals surface area (Å²) >= 11 is 0. The van der Waals surface area contributed by atoms with Crippen molar-refractivity contribution >= 4 is 5.69 Å². The molecule has 0 bridgehead atoms. The molecular formula is C13H21F2N3. The van der Waals surface area contributed by atoms with Crippen LogP contribution in [-0.2, 0) is 6.54 Å². The zero-order chi connectivity index (χ0) is 13.7. The Morgan fingerprint density at radius 3 is 2.06 bits per heavy atom. The van der Waals surface area contributed by atoms with E-state index in [4.69, 9.17) is 5.73 Å². The molecule has 0 atom stereocenters. The normalized spacial score (nSPS) is 11.1. The Hall–Kier alpha value is -1.20. The van der Waals surface area contributed by atoms with Gasteiger partial charge in [0, 0.05) is 20.1 Å². The highest BCUT2D eigenvalue weighted by atomic mass is 19.1. The van der Waals surface area contributed by atoms with Crippen LogP contribution in [0.3, 0.4) is 0 Å². The Labute approximate surface area is 107 Å². The highest BCUT2D eigenvalue weighted by Crippen LogP contribution is 2.24. The lowest BCUT2D eigenvalue weighted by atomic mass is 10.1. The minimum Gasteiger partial charge on any atom is -0.370 e. The molecule has 0 spiro atoms. The van der Waals surface area contributed by atoms with E-state index in [1.165, 1.54) is 12.1 Å². The van der Waals surface area contributed by atoms with Gasteiger partial charge in [-0.05, 0) is 44.8 Å². The minimum atomic E-state index is -0.553. The van der Waals surface area contributed by atoms with E-state index >= 15 is 0 Å². The predicted octanol–water partition coefficient (Wildman–Crippen LogP) is 1.81. The van der Waals surface area contributed by atoms with Crippen molar-refractivity contribution in [1.82, 2.24) is 4.90 Å². The largest absolute Gasteiger partial charge is 0.370 e. The number of hydrogen-bond donors (Lipinski definition) is 1. The van der Waals surface area contributed by atoms with Crippen LogP contribution in [0, 0.1) is 11.6 Å². The predicted molar refractivity (Wildman–Crippen MR) is 70.7 cm³/mol. The van der Waals surface area contributed by atoms with Crippen molar-refractivity contribution in [3.05, 3.63) is 29.3 Å². The van der Waals surface area contributed by atoms with Crippen molar-refractivity contribution in [3.8, 4) is 0 Å². The van der Waals surface area contributed by atoms with E-state index in [0.717, 1.165) is 13.0 Å². The quantitative estimate of drug-likeness (QED) is 0.843. The third-order valence-corrected chi connectivity index (χ3v) is 2.79. The SMILES string of the molecule is CN(C)CCCN(C)c1c(F)cc(CN)cc1F. The second-order valence-electron chi connectivity index (χ2n) is 4.69. The molecule has 0 amide bonds. The first kappa shape index (κ1) is 14.9. The first-order valence-electron chi connectivity index (χ1n) is 5.99. The molecule has 0 aromatic heterocycles. The molecule has 1 aromatic carbocycles. The average molecular weight is 257 g/mol. The fourth-order valence-corrected chi connectivity index (χ4v) is 1.84. The number of rotatable bonds is 6. The van der Waals surface area contributed by atoms with E-state index in [-0.39, 0.29) is 12.2 Å². The third kappa shape index (κ3) is 3.92. The van der Waals surface area contributed by atoms with E-state index in [0.29, 0.717) is 12.1 Å². The molecule has 2 N–H and O–H groups in total. The molecule has 0 aliphatic heterocycles. The smallest absolute Gasteiger partial charge is 0.149 e. The fourth-order valence-electron chi connectivity index (χ4n) is 1.84. The van der Waals surface area contributed by atoms with Crippen LogP contribution in [0.1, 0.15) is 12.0 Å². The molecule has 0 heterocycles. The molecule has 0 radical (unpaired) electrons. The molecular weight excluding hydrogens is 236 g/mol. The molecule has 1 aromatic rings. The van der Waals surface area contributed by atoms with Gasteiger partial charge in [-0.25, -0.2) is 8.78 Å². The Morgan fingerprint density at radius 2 is 1.61 bits per heavy atom. The minimum absolute atomic E-state index is 0.0194. The molecule has 0 unspecified atom stereocenters. The van der Waals surface area contributed by atoms with Crippen LogP contribution < -0.4 is 10.6 Å². The summed E-state index contributed by atoms with van der Waals surface area (Å²) < 4.78 is 27.6. The molecule has 0 aliphatic carbocycles. The molecule has 0 saturated carbocycles. The maximum atomic E-state index is 13.8. The Morgan fingerprint density at radius 1 is 1.06 bits per heavy atom. The highest BCUT2D eigenvalue weighted by Gasteiger charge is 2.14. The van der Waals surface area contributed by atoms with Crippen LogP contribution in [0.25, 0.3) is 0 Å². The van der Waals surface area contributed by atoms with Crippen molar-refractivity contribution in [1.29, 1.82) is 0 Å². The maximum absolute atomic E-state index is 13.8. The van der Waals surface area contributed by atoms with Gasteiger partial charge in [-0.2, -0.15) is 0 Å². The summed E-state index contributed by atoms with van der Waals surface area (Å²) in [6, 6.07) is 2.59. The first-order chi connectivity index (χ1) is 8.45. The summed E-state index contributed by atoms with van der Waals surface area (Å²) in [4.78, 5) is 3.65. The van der Waals surface area contributed by atoms with Gasteiger partial charge >= 0.3 is 0 Å². The lowest BCUT2D eigenvalue weighted by Gasteiger charge is -2.22. The zero-order valence-electron chi connectivity index (χ0n) is 11.2. The number of hydrogen-bond acceptors (Lipinski definition) is 3. The van der Waals surface area contributed by atoms with E-state index in [1.807, 2.05) is 19.0 Å². The van der Waals surface area contributed by atoms with E-state index in [9.17, 15) is 8.78 Å². The van der Waals surface area contributed by atoms with Crippen LogP contribution >= 0.6 is 0 Å². The topological polar surface area (TPSA) is 32.5 Å². The molecule has 0 saturated heterocycles. The average Bonchev–Trinajstić information content (AvgIpc) is 2.27. The van der Waals surface area contributed by atoms with Gasteiger partial charge in [0.15, 0.2) is 0 Å². The van der Waals surface area contributed by atoms with Crippen LogP contribution in [0.4, 0.5) is 14.5 Å². The number of nitrogens with two attached hydrogens (primary N) is 1. The first-order valence-corrected chi connectivity index (χ1v) is 5.99. The van der Waals surface area contributed by atoms with Crippen LogP contribution in [0.2, 0.25) is 0 Å². The van der Waals surface area contributed by atoms with Crippen LogP contribution in [-0.4, -0.2) is 39.1 Å². The van der Waals surface area contributed by atoms with E-state index in [2.05, 4.69) is 0 Å². The van der Waals surface area contributed by atoms with Crippen molar-refractivity contribution in [2.75, 3.05) is 39.1 Å². The summed E-state index contributed by atoms with van der Waals surface area (Å²) in [5.74, 6) is -1.11.